The van der Waals surface area contributed by atoms with E-state index in [2.05, 4.69) is 15.5 Å². The second-order valence-corrected chi connectivity index (χ2v) is 8.01. The van der Waals surface area contributed by atoms with Crippen molar-refractivity contribution in [1.29, 1.82) is 0 Å². The van der Waals surface area contributed by atoms with Gasteiger partial charge in [0.1, 0.15) is 5.75 Å². The molecule has 2 amide bonds. The van der Waals surface area contributed by atoms with Crippen LogP contribution in [0.3, 0.4) is 0 Å². The van der Waals surface area contributed by atoms with Crippen LogP contribution in [-0.2, 0) is 11.3 Å². The SMILES string of the molecule is O=C(Nc1cccc(Cl)c1Cl)NC1CCN(Cc2cccc(O)c2)CC1.O=C(O)C(F)(F)F. The third-order valence-electron chi connectivity index (χ3n) is 4.68. The number of alkyl halides is 3. The van der Waals surface area contributed by atoms with Gasteiger partial charge >= 0.3 is 18.2 Å². The van der Waals surface area contributed by atoms with Crippen molar-refractivity contribution in [2.45, 2.75) is 31.6 Å². The summed E-state index contributed by atoms with van der Waals surface area (Å²) in [7, 11) is 0. The van der Waals surface area contributed by atoms with E-state index in [0.717, 1.165) is 38.0 Å². The zero-order chi connectivity index (χ0) is 24.6. The molecule has 2 aromatic rings. The number of piperidine rings is 1. The molecular weight excluding hydrogens is 486 g/mol. The van der Waals surface area contributed by atoms with Crippen LogP contribution in [-0.4, -0.2) is 52.4 Å². The number of hydrogen-bond acceptors (Lipinski definition) is 4. The lowest BCUT2D eigenvalue weighted by Gasteiger charge is -2.32. The lowest BCUT2D eigenvalue weighted by Crippen LogP contribution is -2.45. The van der Waals surface area contributed by atoms with Gasteiger partial charge in [-0.25, -0.2) is 9.59 Å². The molecule has 0 saturated carbocycles. The molecule has 180 valence electrons. The maximum atomic E-state index is 12.2. The number of aromatic hydroxyl groups is 1. The van der Waals surface area contributed by atoms with Crippen LogP contribution in [0.4, 0.5) is 23.7 Å². The number of carboxylic acid groups (broad SMARTS) is 1. The fraction of sp³-hybridized carbons (Fsp3) is 0.333. The number of urea groups is 1. The van der Waals surface area contributed by atoms with E-state index in [1.807, 2.05) is 12.1 Å². The molecular formula is C21H22Cl2F3N3O4. The first-order chi connectivity index (χ1) is 15.5. The van der Waals surface area contributed by atoms with Gasteiger partial charge in [-0.3, -0.25) is 4.90 Å². The minimum absolute atomic E-state index is 0.119. The van der Waals surface area contributed by atoms with Crippen molar-refractivity contribution in [1.82, 2.24) is 10.2 Å². The van der Waals surface area contributed by atoms with Crippen LogP contribution in [0.1, 0.15) is 18.4 Å². The summed E-state index contributed by atoms with van der Waals surface area (Å²) < 4.78 is 31.7. The topological polar surface area (TPSA) is 102 Å². The normalized spacial score (nSPS) is 14.7. The van der Waals surface area contributed by atoms with Crippen molar-refractivity contribution in [2.75, 3.05) is 18.4 Å². The summed E-state index contributed by atoms with van der Waals surface area (Å²) in [4.78, 5) is 23.4. The Morgan fingerprint density at radius 1 is 1.09 bits per heavy atom. The van der Waals surface area contributed by atoms with E-state index >= 15 is 0 Å². The Labute approximate surface area is 198 Å². The summed E-state index contributed by atoms with van der Waals surface area (Å²) in [6.45, 7) is 2.57. The van der Waals surface area contributed by atoms with Gasteiger partial charge in [0, 0.05) is 25.7 Å². The minimum Gasteiger partial charge on any atom is -0.508 e. The highest BCUT2D eigenvalue weighted by Gasteiger charge is 2.38. The predicted molar refractivity (Wildman–Crippen MR) is 119 cm³/mol. The van der Waals surface area contributed by atoms with Gasteiger partial charge in [0.2, 0.25) is 0 Å². The van der Waals surface area contributed by atoms with Crippen LogP contribution in [0.5, 0.6) is 5.75 Å². The molecule has 1 fully saturated rings. The van der Waals surface area contributed by atoms with Gasteiger partial charge < -0.3 is 20.8 Å². The summed E-state index contributed by atoms with van der Waals surface area (Å²) in [6, 6.07) is 12.3. The van der Waals surface area contributed by atoms with Gasteiger partial charge in [-0.05, 0) is 42.7 Å². The Kier molecular flexibility index (Phi) is 9.63. The summed E-state index contributed by atoms with van der Waals surface area (Å²) in [5.41, 5.74) is 1.59. The minimum atomic E-state index is -5.08. The first kappa shape index (κ1) is 26.6. The molecule has 0 bridgehead atoms. The van der Waals surface area contributed by atoms with Gasteiger partial charge in [-0.15, -0.1) is 0 Å². The molecule has 0 atom stereocenters. The lowest BCUT2D eigenvalue weighted by atomic mass is 10.0. The fourth-order valence-corrected chi connectivity index (χ4v) is 3.44. The molecule has 1 aliphatic rings. The zero-order valence-corrected chi connectivity index (χ0v) is 18.7. The van der Waals surface area contributed by atoms with Crippen LogP contribution >= 0.6 is 23.2 Å². The van der Waals surface area contributed by atoms with E-state index in [1.54, 1.807) is 30.3 Å². The number of phenols is 1. The van der Waals surface area contributed by atoms with E-state index in [1.165, 1.54) is 0 Å². The number of benzene rings is 2. The second-order valence-electron chi connectivity index (χ2n) is 7.22. The molecule has 0 aromatic heterocycles. The third-order valence-corrected chi connectivity index (χ3v) is 5.50. The number of likely N-dealkylation sites (tertiary alicyclic amines) is 1. The van der Waals surface area contributed by atoms with Crippen LogP contribution in [0.15, 0.2) is 42.5 Å². The maximum absolute atomic E-state index is 12.2. The molecule has 33 heavy (non-hydrogen) atoms. The quantitative estimate of drug-likeness (QED) is 0.460. The maximum Gasteiger partial charge on any atom is 0.490 e. The lowest BCUT2D eigenvalue weighted by molar-refractivity contribution is -0.192. The van der Waals surface area contributed by atoms with Crippen LogP contribution in [0.2, 0.25) is 10.0 Å². The summed E-state index contributed by atoms with van der Waals surface area (Å²) in [5.74, 6) is -2.47. The average Bonchev–Trinajstić information content (AvgIpc) is 2.73. The first-order valence-corrected chi connectivity index (χ1v) is 10.5. The Morgan fingerprint density at radius 3 is 2.27 bits per heavy atom. The zero-order valence-electron chi connectivity index (χ0n) is 17.2. The van der Waals surface area contributed by atoms with Crippen LogP contribution in [0.25, 0.3) is 0 Å². The number of carbonyl (C=O) groups excluding carboxylic acids is 1. The van der Waals surface area contributed by atoms with Gasteiger partial charge in [-0.1, -0.05) is 41.4 Å². The predicted octanol–water partition coefficient (Wildman–Crippen LogP) is 5.12. The highest BCUT2D eigenvalue weighted by atomic mass is 35.5. The number of carboxylic acids is 1. The molecule has 4 N–H and O–H groups in total. The fourth-order valence-electron chi connectivity index (χ4n) is 3.09. The number of aliphatic carboxylic acids is 1. The van der Waals surface area contributed by atoms with Gasteiger partial charge in [-0.2, -0.15) is 13.2 Å². The Bertz CT molecular complexity index is 968. The molecule has 0 radical (unpaired) electrons. The number of hydrogen-bond donors (Lipinski definition) is 4. The van der Waals surface area contributed by atoms with Crippen molar-refractivity contribution in [3.63, 3.8) is 0 Å². The highest BCUT2D eigenvalue weighted by molar-refractivity contribution is 6.43. The van der Waals surface area contributed by atoms with E-state index in [9.17, 15) is 23.1 Å². The van der Waals surface area contributed by atoms with Gasteiger partial charge in [0.25, 0.3) is 0 Å². The molecule has 1 aliphatic heterocycles. The number of phenolic OH excluding ortho intramolecular Hbond substituents is 1. The summed E-state index contributed by atoms with van der Waals surface area (Å²) in [5, 5.41) is 23.2. The number of nitrogens with zero attached hydrogens (tertiary/aromatic N) is 1. The molecule has 0 spiro atoms. The van der Waals surface area contributed by atoms with Crippen LogP contribution < -0.4 is 10.6 Å². The largest absolute Gasteiger partial charge is 0.508 e. The van der Waals surface area contributed by atoms with Crippen molar-refractivity contribution in [3.05, 3.63) is 58.1 Å². The van der Waals surface area contributed by atoms with Gasteiger partial charge in [0.15, 0.2) is 0 Å². The number of anilines is 1. The number of nitrogens with one attached hydrogen (secondary N) is 2. The Balaban J connectivity index is 0.000000479. The molecule has 12 heteroatoms. The van der Waals surface area contributed by atoms with E-state index in [4.69, 9.17) is 33.1 Å². The summed E-state index contributed by atoms with van der Waals surface area (Å²) >= 11 is 12.0. The Hall–Kier alpha value is -2.69. The Morgan fingerprint density at radius 2 is 1.70 bits per heavy atom. The molecule has 3 rings (SSSR count). The van der Waals surface area contributed by atoms with Crippen molar-refractivity contribution in [2.24, 2.45) is 0 Å². The van der Waals surface area contributed by atoms with Crippen molar-refractivity contribution >= 4 is 40.9 Å². The average molecular weight is 508 g/mol. The smallest absolute Gasteiger partial charge is 0.490 e. The third kappa shape index (κ3) is 8.99. The number of carbonyl (C=O) groups is 2. The molecule has 0 unspecified atom stereocenters. The molecule has 7 nitrogen and oxygen atoms in total. The molecule has 1 saturated heterocycles. The number of rotatable bonds is 4. The summed E-state index contributed by atoms with van der Waals surface area (Å²) in [6.07, 6.45) is -3.34. The van der Waals surface area contributed by atoms with E-state index in [-0.39, 0.29) is 17.8 Å². The molecule has 2 aromatic carbocycles. The van der Waals surface area contributed by atoms with Gasteiger partial charge in [0.05, 0.1) is 15.7 Å². The first-order valence-electron chi connectivity index (χ1n) is 9.77. The monoisotopic (exact) mass is 507 g/mol. The van der Waals surface area contributed by atoms with Crippen LogP contribution in [0, 0.1) is 0 Å². The highest BCUT2D eigenvalue weighted by Crippen LogP contribution is 2.29. The van der Waals surface area contributed by atoms with Crippen molar-refractivity contribution in [3.8, 4) is 5.75 Å². The second kappa shape index (κ2) is 12.0. The number of amides is 2. The van der Waals surface area contributed by atoms with Crippen molar-refractivity contribution < 1.29 is 33.0 Å². The van der Waals surface area contributed by atoms with E-state index < -0.39 is 12.1 Å². The van der Waals surface area contributed by atoms with E-state index in [0.29, 0.717) is 15.7 Å². The number of halogens is 5. The molecule has 1 heterocycles. The standard InChI is InChI=1S/C19H21Cl2N3O2.C2HF3O2/c20-16-5-2-6-17(18(16)21)23-19(26)22-14-7-9-24(10-8-14)12-13-3-1-4-15(25)11-13;3-2(4,5)1(6)7/h1-6,11,14,25H,7-10,12H2,(H2,22,23,26);(H,6,7). The molecule has 0 aliphatic carbocycles.